The lowest BCUT2D eigenvalue weighted by atomic mass is 10.0. The van der Waals surface area contributed by atoms with Crippen molar-refractivity contribution in [3.63, 3.8) is 0 Å². The molecule has 1 heterocycles. The molecule has 5 nitrogen and oxygen atoms in total. The number of nitrogens with one attached hydrogen (secondary N) is 1. The van der Waals surface area contributed by atoms with Crippen molar-refractivity contribution >= 4 is 23.3 Å². The van der Waals surface area contributed by atoms with Crippen LogP contribution in [0, 0.1) is 0 Å². The third-order valence-corrected chi connectivity index (χ3v) is 3.15. The lowest BCUT2D eigenvalue weighted by molar-refractivity contribution is 0.100. The first-order chi connectivity index (χ1) is 9.58. The number of rotatable bonds is 5. The molecule has 3 N–H and O–H groups in total. The first kappa shape index (κ1) is 14.3. The fraction of sp³-hybridized carbons (Fsp3) is 0.214. The predicted octanol–water partition coefficient (Wildman–Crippen LogP) is 2.44. The fourth-order valence-electron chi connectivity index (χ4n) is 1.82. The molecule has 2 rings (SSSR count). The second-order valence-corrected chi connectivity index (χ2v) is 4.80. The van der Waals surface area contributed by atoms with Gasteiger partial charge in [-0.15, -0.1) is 0 Å². The van der Waals surface area contributed by atoms with Gasteiger partial charge in [0.1, 0.15) is 5.82 Å². The summed E-state index contributed by atoms with van der Waals surface area (Å²) in [4.78, 5) is 19.1. The Kier molecular flexibility index (Phi) is 4.53. The van der Waals surface area contributed by atoms with Gasteiger partial charge in [0.15, 0.2) is 0 Å². The van der Waals surface area contributed by atoms with E-state index in [1.54, 1.807) is 0 Å². The number of nitrogens with two attached hydrogens (primary N) is 1. The van der Waals surface area contributed by atoms with E-state index in [4.69, 9.17) is 17.3 Å². The van der Waals surface area contributed by atoms with Gasteiger partial charge in [0, 0.05) is 12.7 Å². The molecule has 1 aromatic carbocycles. The Morgan fingerprint density at radius 2 is 2.10 bits per heavy atom. The molecule has 0 radical (unpaired) electrons. The molecule has 20 heavy (non-hydrogen) atoms. The van der Waals surface area contributed by atoms with Gasteiger partial charge in [0.25, 0.3) is 5.91 Å². The Labute approximate surface area is 122 Å². The maximum absolute atomic E-state index is 11.3. The molecule has 0 bridgehead atoms. The lowest BCUT2D eigenvalue weighted by Crippen LogP contribution is -2.18. The van der Waals surface area contributed by atoms with E-state index in [0.717, 1.165) is 0 Å². The van der Waals surface area contributed by atoms with E-state index in [1.165, 1.54) is 11.8 Å². The summed E-state index contributed by atoms with van der Waals surface area (Å²) in [6, 6.07) is 10.0. The molecule has 104 valence electrons. The van der Waals surface area contributed by atoms with Gasteiger partial charge in [-0.05, 0) is 23.1 Å². The van der Waals surface area contributed by atoms with Gasteiger partial charge in [0.2, 0.25) is 5.28 Å². The summed E-state index contributed by atoms with van der Waals surface area (Å²) < 4.78 is 0. The van der Waals surface area contributed by atoms with Crippen LogP contribution >= 0.6 is 11.6 Å². The highest BCUT2D eigenvalue weighted by atomic mass is 35.5. The van der Waals surface area contributed by atoms with Crippen LogP contribution in [-0.4, -0.2) is 22.4 Å². The number of benzene rings is 1. The van der Waals surface area contributed by atoms with Crippen molar-refractivity contribution in [2.75, 3.05) is 11.9 Å². The fourth-order valence-corrected chi connectivity index (χ4v) is 1.96. The number of carbonyl (C=O) groups excluding carboxylic acids is 1. The molecule has 0 fully saturated rings. The van der Waals surface area contributed by atoms with Gasteiger partial charge < -0.3 is 11.1 Å². The molecule has 0 spiro atoms. The highest BCUT2D eigenvalue weighted by molar-refractivity contribution is 6.28. The van der Waals surface area contributed by atoms with Crippen molar-refractivity contribution in [2.24, 2.45) is 5.73 Å². The maximum Gasteiger partial charge on any atom is 0.254 e. The Balaban J connectivity index is 2.11. The largest absolute Gasteiger partial charge is 0.369 e. The summed E-state index contributed by atoms with van der Waals surface area (Å²) in [5, 5.41) is 3.17. The van der Waals surface area contributed by atoms with E-state index in [9.17, 15) is 4.79 Å². The van der Waals surface area contributed by atoms with Gasteiger partial charge >= 0.3 is 0 Å². The van der Waals surface area contributed by atoms with E-state index in [1.807, 2.05) is 30.3 Å². The van der Waals surface area contributed by atoms with E-state index in [-0.39, 0.29) is 16.8 Å². The van der Waals surface area contributed by atoms with E-state index < -0.39 is 5.91 Å². The topological polar surface area (TPSA) is 80.9 Å². The molecule has 0 saturated heterocycles. The molecular weight excluding hydrogens is 276 g/mol. The average molecular weight is 291 g/mol. The quantitative estimate of drug-likeness (QED) is 0.829. The molecule has 1 aromatic heterocycles. The Morgan fingerprint density at radius 3 is 2.75 bits per heavy atom. The first-order valence-electron chi connectivity index (χ1n) is 6.19. The molecule has 0 saturated carbocycles. The minimum Gasteiger partial charge on any atom is -0.369 e. The van der Waals surface area contributed by atoms with Crippen LogP contribution in [0.15, 0.2) is 36.5 Å². The number of aromatic nitrogens is 2. The third kappa shape index (κ3) is 3.45. The van der Waals surface area contributed by atoms with Crippen molar-refractivity contribution in [1.29, 1.82) is 0 Å². The number of primary amides is 1. The van der Waals surface area contributed by atoms with Crippen LogP contribution in [0.4, 0.5) is 5.82 Å². The van der Waals surface area contributed by atoms with Crippen LogP contribution in [0.2, 0.25) is 5.28 Å². The van der Waals surface area contributed by atoms with Crippen molar-refractivity contribution in [2.45, 2.75) is 12.8 Å². The molecular formula is C14H15ClN4O. The van der Waals surface area contributed by atoms with Crippen LogP contribution in [0.3, 0.4) is 0 Å². The molecule has 0 aliphatic rings. The van der Waals surface area contributed by atoms with Crippen molar-refractivity contribution in [1.82, 2.24) is 9.97 Å². The second kappa shape index (κ2) is 6.34. The first-order valence-corrected chi connectivity index (χ1v) is 6.57. The van der Waals surface area contributed by atoms with Crippen molar-refractivity contribution in [3.05, 3.63) is 52.9 Å². The van der Waals surface area contributed by atoms with Gasteiger partial charge in [-0.25, -0.2) is 4.98 Å². The second-order valence-electron chi connectivity index (χ2n) is 4.46. The summed E-state index contributed by atoms with van der Waals surface area (Å²) >= 11 is 5.74. The Bertz CT molecular complexity index is 603. The van der Waals surface area contributed by atoms with Crippen LogP contribution < -0.4 is 11.1 Å². The SMILES string of the molecule is C[C@H](CNc1nc(Cl)ncc1C(N)=O)c1ccccc1. The number of nitrogens with zero attached hydrogens (tertiary/aromatic N) is 2. The lowest BCUT2D eigenvalue weighted by Gasteiger charge is -2.14. The summed E-state index contributed by atoms with van der Waals surface area (Å²) in [5.74, 6) is 0.0301. The van der Waals surface area contributed by atoms with Crippen LogP contribution in [0.25, 0.3) is 0 Å². The zero-order valence-electron chi connectivity index (χ0n) is 11.0. The van der Waals surface area contributed by atoms with Crippen LogP contribution in [0.5, 0.6) is 0 Å². The van der Waals surface area contributed by atoms with Crippen molar-refractivity contribution < 1.29 is 4.79 Å². The van der Waals surface area contributed by atoms with Crippen LogP contribution in [0.1, 0.15) is 28.8 Å². The number of anilines is 1. The van der Waals surface area contributed by atoms with E-state index in [2.05, 4.69) is 22.2 Å². The number of hydrogen-bond acceptors (Lipinski definition) is 4. The minimum atomic E-state index is -0.587. The van der Waals surface area contributed by atoms with Gasteiger partial charge in [-0.1, -0.05) is 37.3 Å². The Morgan fingerprint density at radius 1 is 1.40 bits per heavy atom. The minimum absolute atomic E-state index is 0.0739. The highest BCUT2D eigenvalue weighted by Gasteiger charge is 2.12. The Hall–Kier alpha value is -2.14. The summed E-state index contributed by atoms with van der Waals surface area (Å²) in [5.41, 5.74) is 6.71. The highest BCUT2D eigenvalue weighted by Crippen LogP contribution is 2.18. The maximum atomic E-state index is 11.3. The zero-order valence-corrected chi connectivity index (χ0v) is 11.8. The summed E-state index contributed by atoms with van der Waals surface area (Å²) in [6.07, 6.45) is 1.33. The number of amides is 1. The molecule has 0 aliphatic heterocycles. The summed E-state index contributed by atoms with van der Waals surface area (Å²) in [7, 11) is 0. The zero-order chi connectivity index (χ0) is 14.5. The smallest absolute Gasteiger partial charge is 0.254 e. The molecule has 2 aromatic rings. The molecule has 0 unspecified atom stereocenters. The summed E-state index contributed by atoms with van der Waals surface area (Å²) in [6.45, 7) is 2.69. The van der Waals surface area contributed by atoms with Crippen LogP contribution in [-0.2, 0) is 0 Å². The number of hydrogen-bond donors (Lipinski definition) is 2. The molecule has 0 aliphatic carbocycles. The van der Waals surface area contributed by atoms with Crippen molar-refractivity contribution in [3.8, 4) is 0 Å². The average Bonchev–Trinajstić information content (AvgIpc) is 2.45. The third-order valence-electron chi connectivity index (χ3n) is 2.97. The number of carbonyl (C=O) groups is 1. The molecule has 6 heteroatoms. The molecule has 1 atom stereocenters. The van der Waals surface area contributed by atoms with Gasteiger partial charge in [-0.2, -0.15) is 4.98 Å². The monoisotopic (exact) mass is 290 g/mol. The van der Waals surface area contributed by atoms with E-state index >= 15 is 0 Å². The van der Waals surface area contributed by atoms with Gasteiger partial charge in [-0.3, -0.25) is 4.79 Å². The molecule has 1 amide bonds. The van der Waals surface area contributed by atoms with E-state index in [0.29, 0.717) is 12.4 Å². The predicted molar refractivity (Wildman–Crippen MR) is 78.9 cm³/mol. The standard InChI is InChI=1S/C14H15ClN4O/c1-9(10-5-3-2-4-6-10)7-17-13-11(12(16)20)8-18-14(15)19-13/h2-6,8-9H,7H2,1H3,(H2,16,20)(H,17,18,19)/t9-/m1/s1. The van der Waals surface area contributed by atoms with Gasteiger partial charge in [0.05, 0.1) is 5.56 Å². The normalized spacial score (nSPS) is 11.9. The number of halogens is 1.